The second-order valence-corrected chi connectivity index (χ2v) is 2.94. The van der Waals surface area contributed by atoms with Crippen LogP contribution in [0.25, 0.3) is 0 Å². The summed E-state index contributed by atoms with van der Waals surface area (Å²) in [5, 5.41) is 3.15. The Labute approximate surface area is 58.3 Å². The van der Waals surface area contributed by atoms with Crippen LogP contribution in [0.1, 0.15) is 19.3 Å². The van der Waals surface area contributed by atoms with E-state index in [0.29, 0.717) is 0 Å². The van der Waals surface area contributed by atoms with E-state index in [-0.39, 0.29) is 0 Å². The van der Waals surface area contributed by atoms with Crippen molar-refractivity contribution in [3.63, 3.8) is 0 Å². The molecule has 0 aromatic carbocycles. The Morgan fingerprint density at radius 2 is 2.25 bits per heavy atom. The van der Waals surface area contributed by atoms with Crippen molar-refractivity contribution < 1.29 is 0 Å². The molecule has 8 heavy (non-hydrogen) atoms. The minimum absolute atomic E-state index is 1.22. The van der Waals surface area contributed by atoms with E-state index in [1.165, 1.54) is 29.4 Å². The van der Waals surface area contributed by atoms with Crippen molar-refractivity contribution >= 4 is 15.9 Å². The van der Waals surface area contributed by atoms with E-state index < -0.39 is 0 Å². The van der Waals surface area contributed by atoms with Crippen LogP contribution >= 0.6 is 15.9 Å². The van der Waals surface area contributed by atoms with Crippen molar-refractivity contribution in [2.24, 2.45) is 0 Å². The molecule has 0 fully saturated rings. The fourth-order valence-corrected chi connectivity index (χ4v) is 1.64. The van der Waals surface area contributed by atoms with E-state index in [2.05, 4.69) is 21.2 Å². The molecule has 0 unspecified atom stereocenters. The van der Waals surface area contributed by atoms with Gasteiger partial charge in [-0.1, -0.05) is 15.9 Å². The minimum Gasteiger partial charge on any atom is -0.391 e. The Bertz CT molecular complexity index is 118. The maximum atomic E-state index is 3.48. The van der Waals surface area contributed by atoms with Gasteiger partial charge in [0.05, 0.1) is 0 Å². The summed E-state index contributed by atoms with van der Waals surface area (Å²) in [4.78, 5) is 0. The van der Waals surface area contributed by atoms with Crippen LogP contribution in [0.2, 0.25) is 0 Å². The molecule has 0 aliphatic heterocycles. The predicted molar refractivity (Wildman–Crippen MR) is 38.9 cm³/mol. The average Bonchev–Trinajstić information content (AvgIpc) is 2.14. The zero-order valence-electron chi connectivity index (χ0n) is 5.00. The Morgan fingerprint density at radius 1 is 1.50 bits per heavy atom. The van der Waals surface area contributed by atoms with Gasteiger partial charge in [-0.15, -0.1) is 0 Å². The molecule has 0 heterocycles. The summed E-state index contributed by atoms with van der Waals surface area (Å²) < 4.78 is 1.36. The highest BCUT2D eigenvalue weighted by molar-refractivity contribution is 9.11. The van der Waals surface area contributed by atoms with Crippen molar-refractivity contribution in [3.05, 3.63) is 10.2 Å². The van der Waals surface area contributed by atoms with Gasteiger partial charge in [-0.2, -0.15) is 0 Å². The lowest BCUT2D eigenvalue weighted by Gasteiger charge is -1.97. The molecule has 1 rings (SSSR count). The average molecular weight is 176 g/mol. The van der Waals surface area contributed by atoms with Gasteiger partial charge in [0.25, 0.3) is 0 Å². The lowest BCUT2D eigenvalue weighted by Crippen LogP contribution is -2.02. The molecular formula is C6H10BrN. The van der Waals surface area contributed by atoms with Gasteiger partial charge in [-0.3, -0.25) is 0 Å². The smallest absolute Gasteiger partial charge is 0.0207 e. The maximum Gasteiger partial charge on any atom is 0.0207 e. The third kappa shape index (κ3) is 1.05. The van der Waals surface area contributed by atoms with Crippen LogP contribution in [0, 0.1) is 0 Å². The minimum atomic E-state index is 1.22. The fraction of sp³-hybridized carbons (Fsp3) is 0.667. The Morgan fingerprint density at radius 3 is 2.50 bits per heavy atom. The molecule has 0 aromatic rings. The lowest BCUT2D eigenvalue weighted by atomic mass is 10.3. The third-order valence-electron chi connectivity index (χ3n) is 1.45. The molecule has 0 aromatic heterocycles. The molecule has 0 bridgehead atoms. The van der Waals surface area contributed by atoms with Gasteiger partial charge in [-0.05, 0) is 19.3 Å². The van der Waals surface area contributed by atoms with Gasteiger partial charge in [0.15, 0.2) is 0 Å². The number of rotatable bonds is 1. The molecule has 46 valence electrons. The highest BCUT2D eigenvalue weighted by Gasteiger charge is 2.08. The molecule has 1 aliphatic carbocycles. The molecule has 1 N–H and O–H groups in total. The summed E-state index contributed by atoms with van der Waals surface area (Å²) in [5.74, 6) is 0. The van der Waals surface area contributed by atoms with Gasteiger partial charge in [0.1, 0.15) is 0 Å². The summed E-state index contributed by atoms with van der Waals surface area (Å²) in [6.07, 6.45) is 3.74. The molecule has 0 radical (unpaired) electrons. The van der Waals surface area contributed by atoms with Gasteiger partial charge in [0, 0.05) is 17.2 Å². The van der Waals surface area contributed by atoms with E-state index in [4.69, 9.17) is 0 Å². The summed E-state index contributed by atoms with van der Waals surface area (Å²) >= 11 is 3.48. The molecule has 0 saturated carbocycles. The molecule has 0 amide bonds. The molecule has 0 saturated heterocycles. The second kappa shape index (κ2) is 2.53. The summed E-state index contributed by atoms with van der Waals surface area (Å²) in [6.45, 7) is 0. The van der Waals surface area contributed by atoms with Gasteiger partial charge < -0.3 is 5.32 Å². The number of hydrogen-bond acceptors (Lipinski definition) is 1. The van der Waals surface area contributed by atoms with E-state index >= 15 is 0 Å². The number of nitrogens with one attached hydrogen (secondary N) is 1. The largest absolute Gasteiger partial charge is 0.391 e. The number of allylic oxidation sites excluding steroid dienone is 2. The van der Waals surface area contributed by atoms with Crippen molar-refractivity contribution in [2.75, 3.05) is 7.05 Å². The topological polar surface area (TPSA) is 12.0 Å². The second-order valence-electron chi connectivity index (χ2n) is 1.99. The highest BCUT2D eigenvalue weighted by atomic mass is 79.9. The lowest BCUT2D eigenvalue weighted by molar-refractivity contribution is 0.847. The first-order chi connectivity index (χ1) is 3.84. The van der Waals surface area contributed by atoms with Crippen LogP contribution in [0.5, 0.6) is 0 Å². The van der Waals surface area contributed by atoms with Crippen molar-refractivity contribution in [2.45, 2.75) is 19.3 Å². The highest BCUT2D eigenvalue weighted by Crippen LogP contribution is 2.27. The number of halogens is 1. The zero-order chi connectivity index (χ0) is 5.98. The fourth-order valence-electron chi connectivity index (χ4n) is 0.968. The molecule has 0 atom stereocenters. The van der Waals surface area contributed by atoms with Crippen molar-refractivity contribution in [1.29, 1.82) is 0 Å². The van der Waals surface area contributed by atoms with Crippen LogP contribution < -0.4 is 5.32 Å². The summed E-state index contributed by atoms with van der Waals surface area (Å²) in [7, 11) is 1.97. The van der Waals surface area contributed by atoms with Crippen LogP contribution in [0.4, 0.5) is 0 Å². The molecule has 0 spiro atoms. The molecular weight excluding hydrogens is 166 g/mol. The SMILES string of the molecule is CNC1=C(Br)CCC1. The van der Waals surface area contributed by atoms with Crippen molar-refractivity contribution in [3.8, 4) is 0 Å². The Kier molecular flexibility index (Phi) is 1.95. The monoisotopic (exact) mass is 175 g/mol. The van der Waals surface area contributed by atoms with E-state index in [9.17, 15) is 0 Å². The Hall–Kier alpha value is 0.0200. The van der Waals surface area contributed by atoms with Crippen LogP contribution in [-0.2, 0) is 0 Å². The zero-order valence-corrected chi connectivity index (χ0v) is 6.59. The first-order valence-corrected chi connectivity index (χ1v) is 3.69. The quantitative estimate of drug-likeness (QED) is 0.644. The van der Waals surface area contributed by atoms with Gasteiger partial charge in [0.2, 0.25) is 0 Å². The van der Waals surface area contributed by atoms with Gasteiger partial charge in [-0.25, -0.2) is 0 Å². The van der Waals surface area contributed by atoms with Crippen molar-refractivity contribution in [1.82, 2.24) is 5.32 Å². The standard InChI is InChI=1S/C6H10BrN/c1-8-6-4-2-3-5(6)7/h8H,2-4H2,1H3. The maximum absolute atomic E-state index is 3.48. The molecule has 1 aliphatic rings. The van der Waals surface area contributed by atoms with E-state index in [1.807, 2.05) is 7.05 Å². The predicted octanol–water partition coefficient (Wildman–Crippen LogP) is 2.00. The number of hydrogen-bond donors (Lipinski definition) is 1. The molecule has 2 heteroatoms. The normalized spacial score (nSPS) is 19.8. The summed E-state index contributed by atoms with van der Waals surface area (Å²) in [6, 6.07) is 0. The van der Waals surface area contributed by atoms with E-state index in [1.54, 1.807) is 0 Å². The third-order valence-corrected chi connectivity index (χ3v) is 2.33. The first kappa shape index (κ1) is 6.14. The first-order valence-electron chi connectivity index (χ1n) is 2.90. The van der Waals surface area contributed by atoms with E-state index in [0.717, 1.165) is 0 Å². The van der Waals surface area contributed by atoms with Crippen LogP contribution in [0.15, 0.2) is 10.2 Å². The van der Waals surface area contributed by atoms with Gasteiger partial charge >= 0.3 is 0 Å². The Balaban J connectivity index is 2.58. The summed E-state index contributed by atoms with van der Waals surface area (Å²) in [5.41, 5.74) is 1.38. The van der Waals surface area contributed by atoms with Crippen LogP contribution in [-0.4, -0.2) is 7.05 Å². The van der Waals surface area contributed by atoms with Crippen LogP contribution in [0.3, 0.4) is 0 Å². The molecule has 1 nitrogen and oxygen atoms in total.